The number of thioether (sulfide) groups is 1. The van der Waals surface area contributed by atoms with Gasteiger partial charge in [-0.1, -0.05) is 30.3 Å². The molecular formula is C31H34N2O7S. The predicted octanol–water partition coefficient (Wildman–Crippen LogP) is 4.80. The van der Waals surface area contributed by atoms with E-state index in [9.17, 15) is 19.2 Å². The van der Waals surface area contributed by atoms with Gasteiger partial charge in [-0.15, -0.1) is 0 Å². The fourth-order valence-corrected chi connectivity index (χ4v) is 5.66. The summed E-state index contributed by atoms with van der Waals surface area (Å²) in [5.41, 5.74) is 3.85. The highest BCUT2D eigenvalue weighted by Gasteiger charge is 2.22. The van der Waals surface area contributed by atoms with Crippen LogP contribution in [0.25, 0.3) is 21.9 Å². The summed E-state index contributed by atoms with van der Waals surface area (Å²) in [5.74, 6) is 0.124. The van der Waals surface area contributed by atoms with Gasteiger partial charge in [0.15, 0.2) is 0 Å². The van der Waals surface area contributed by atoms with Gasteiger partial charge in [0.2, 0.25) is 11.8 Å². The second kappa shape index (κ2) is 13.5. The zero-order chi connectivity index (χ0) is 29.5. The van der Waals surface area contributed by atoms with Gasteiger partial charge in [-0.25, -0.2) is 4.79 Å². The first kappa shape index (κ1) is 29.9. The number of furan rings is 1. The number of amides is 2. The molecule has 2 aromatic heterocycles. The zero-order valence-electron chi connectivity index (χ0n) is 23.4. The molecule has 4 aromatic rings. The van der Waals surface area contributed by atoms with Crippen molar-refractivity contribution in [1.82, 2.24) is 10.6 Å². The number of rotatable bonds is 13. The van der Waals surface area contributed by atoms with Gasteiger partial charge in [-0.05, 0) is 56.4 Å². The molecule has 3 N–H and O–H groups in total. The van der Waals surface area contributed by atoms with Crippen LogP contribution in [0, 0.1) is 20.8 Å². The van der Waals surface area contributed by atoms with Crippen molar-refractivity contribution in [2.75, 3.05) is 12.3 Å². The van der Waals surface area contributed by atoms with E-state index in [4.69, 9.17) is 13.9 Å². The molecule has 4 rings (SSSR count). The molecule has 0 radical (unpaired) electrons. The standard InChI is InChI=1S/C31H34N2O7S/c1-18-20(3)39-26-15-27-24(14-23(18)26)19(2)22(31(38)40-27)11-12-28(34)33-25(30(37)32-13-7-10-29(35)36)17-41-16-21-8-5-4-6-9-21/h4-6,8-9,14-15,25H,7,10-13,16-17H2,1-3H3,(H,32,37)(H,33,34)(H,35,36). The highest BCUT2D eigenvalue weighted by Crippen LogP contribution is 2.31. The van der Waals surface area contributed by atoms with Gasteiger partial charge in [0.05, 0.1) is 0 Å². The normalized spacial score (nSPS) is 12.0. The van der Waals surface area contributed by atoms with Crippen LogP contribution < -0.4 is 16.3 Å². The van der Waals surface area contributed by atoms with Gasteiger partial charge < -0.3 is 24.6 Å². The molecular weight excluding hydrogens is 544 g/mol. The number of hydrogen-bond donors (Lipinski definition) is 3. The van der Waals surface area contributed by atoms with E-state index >= 15 is 0 Å². The second-order valence-corrected chi connectivity index (χ2v) is 11.1. The Morgan fingerprint density at radius 3 is 2.39 bits per heavy atom. The van der Waals surface area contributed by atoms with Crippen LogP contribution >= 0.6 is 11.8 Å². The quantitative estimate of drug-likeness (QED) is 0.152. The maximum Gasteiger partial charge on any atom is 0.339 e. The molecule has 2 heterocycles. The third-order valence-electron chi connectivity index (χ3n) is 7.10. The third kappa shape index (κ3) is 7.58. The van der Waals surface area contributed by atoms with Gasteiger partial charge in [-0.3, -0.25) is 14.4 Å². The van der Waals surface area contributed by atoms with Crippen molar-refractivity contribution in [1.29, 1.82) is 0 Å². The van der Waals surface area contributed by atoms with E-state index in [0.29, 0.717) is 34.7 Å². The molecule has 10 heteroatoms. The van der Waals surface area contributed by atoms with Crippen LogP contribution in [0.5, 0.6) is 0 Å². The smallest absolute Gasteiger partial charge is 0.339 e. The summed E-state index contributed by atoms with van der Waals surface area (Å²) in [6, 6.07) is 12.7. The van der Waals surface area contributed by atoms with Crippen molar-refractivity contribution in [2.24, 2.45) is 0 Å². The monoisotopic (exact) mass is 578 g/mol. The first-order valence-electron chi connectivity index (χ1n) is 13.5. The minimum atomic E-state index is -0.935. The summed E-state index contributed by atoms with van der Waals surface area (Å²) in [6.45, 7) is 5.90. The van der Waals surface area contributed by atoms with E-state index in [1.165, 1.54) is 11.8 Å². The van der Waals surface area contributed by atoms with Crippen LogP contribution in [0.2, 0.25) is 0 Å². The number of carboxylic acids is 1. The molecule has 0 spiro atoms. The molecule has 0 saturated heterocycles. The first-order valence-corrected chi connectivity index (χ1v) is 14.7. The highest BCUT2D eigenvalue weighted by molar-refractivity contribution is 7.98. The van der Waals surface area contributed by atoms with Gasteiger partial charge in [0.1, 0.15) is 23.0 Å². The number of carbonyl (C=O) groups is 3. The first-order chi connectivity index (χ1) is 19.6. The number of nitrogens with one attached hydrogen (secondary N) is 2. The number of carbonyl (C=O) groups excluding carboxylic acids is 2. The number of benzene rings is 2. The lowest BCUT2D eigenvalue weighted by atomic mass is 10.0. The molecule has 1 atom stereocenters. The number of aliphatic carboxylic acids is 1. The van der Waals surface area contributed by atoms with Crippen LogP contribution in [0.3, 0.4) is 0 Å². The highest BCUT2D eigenvalue weighted by atomic mass is 32.2. The summed E-state index contributed by atoms with van der Waals surface area (Å²) in [7, 11) is 0. The Balaban J connectivity index is 1.43. The average Bonchev–Trinajstić information content (AvgIpc) is 3.21. The lowest BCUT2D eigenvalue weighted by Gasteiger charge is -2.18. The summed E-state index contributed by atoms with van der Waals surface area (Å²) in [6.07, 6.45) is 0.385. The van der Waals surface area contributed by atoms with E-state index in [0.717, 1.165) is 33.2 Å². The van der Waals surface area contributed by atoms with Crippen molar-refractivity contribution in [2.45, 2.75) is 58.2 Å². The second-order valence-electron chi connectivity index (χ2n) is 10.0. The topological polar surface area (TPSA) is 139 Å². The van der Waals surface area contributed by atoms with Crippen molar-refractivity contribution >= 4 is 51.5 Å². The van der Waals surface area contributed by atoms with Crippen LogP contribution in [-0.2, 0) is 26.6 Å². The Morgan fingerprint density at radius 1 is 0.951 bits per heavy atom. The molecule has 2 aromatic carbocycles. The lowest BCUT2D eigenvalue weighted by molar-refractivity contribution is -0.137. The molecule has 0 bridgehead atoms. The fourth-order valence-electron chi connectivity index (χ4n) is 4.65. The van der Waals surface area contributed by atoms with Crippen molar-refractivity contribution in [3.63, 3.8) is 0 Å². The summed E-state index contributed by atoms with van der Waals surface area (Å²) >= 11 is 1.51. The molecule has 0 aliphatic heterocycles. The molecule has 41 heavy (non-hydrogen) atoms. The number of fused-ring (bicyclic) bond motifs is 2. The fraction of sp³-hybridized carbons (Fsp3) is 0.355. The zero-order valence-corrected chi connectivity index (χ0v) is 24.2. The maximum atomic E-state index is 13.0. The largest absolute Gasteiger partial charge is 0.481 e. The third-order valence-corrected chi connectivity index (χ3v) is 8.21. The van der Waals surface area contributed by atoms with E-state index in [2.05, 4.69) is 10.6 Å². The molecule has 1 unspecified atom stereocenters. The Kier molecular flexibility index (Phi) is 9.88. The van der Waals surface area contributed by atoms with E-state index < -0.39 is 17.6 Å². The summed E-state index contributed by atoms with van der Waals surface area (Å²) in [4.78, 5) is 49.5. The molecule has 216 valence electrons. The molecule has 2 amide bonds. The van der Waals surface area contributed by atoms with Crippen molar-refractivity contribution in [3.05, 3.63) is 80.9 Å². The van der Waals surface area contributed by atoms with Gasteiger partial charge in [0, 0.05) is 53.3 Å². The van der Waals surface area contributed by atoms with E-state index in [1.807, 2.05) is 57.2 Å². The van der Waals surface area contributed by atoms with Gasteiger partial charge in [-0.2, -0.15) is 11.8 Å². The van der Waals surface area contributed by atoms with Gasteiger partial charge in [0.25, 0.3) is 0 Å². The Bertz CT molecular complexity index is 1620. The predicted molar refractivity (Wildman–Crippen MR) is 159 cm³/mol. The molecule has 0 aliphatic carbocycles. The summed E-state index contributed by atoms with van der Waals surface area (Å²) < 4.78 is 11.4. The number of carboxylic acid groups (broad SMARTS) is 1. The minimum absolute atomic E-state index is 0.00462. The molecule has 9 nitrogen and oxygen atoms in total. The Hall–Kier alpha value is -4.05. The van der Waals surface area contributed by atoms with Crippen LogP contribution in [-0.4, -0.2) is 41.2 Å². The Morgan fingerprint density at radius 2 is 1.66 bits per heavy atom. The van der Waals surface area contributed by atoms with E-state index in [1.54, 1.807) is 6.07 Å². The summed E-state index contributed by atoms with van der Waals surface area (Å²) in [5, 5.41) is 16.1. The molecule has 0 fully saturated rings. The van der Waals surface area contributed by atoms with Crippen LogP contribution in [0.4, 0.5) is 0 Å². The van der Waals surface area contributed by atoms with Crippen LogP contribution in [0.15, 0.2) is 56.1 Å². The van der Waals surface area contributed by atoms with Crippen molar-refractivity contribution < 1.29 is 28.3 Å². The van der Waals surface area contributed by atoms with Crippen molar-refractivity contribution in [3.8, 4) is 0 Å². The molecule has 0 aliphatic rings. The van der Waals surface area contributed by atoms with E-state index in [-0.39, 0.29) is 37.6 Å². The number of aryl methyl sites for hydroxylation is 3. The molecule has 0 saturated carbocycles. The van der Waals surface area contributed by atoms with Crippen LogP contribution in [0.1, 0.15) is 47.3 Å². The lowest BCUT2D eigenvalue weighted by Crippen LogP contribution is -2.48. The SMILES string of the molecule is Cc1oc2cc3oc(=O)c(CCC(=O)NC(CSCc4ccccc4)C(=O)NCCCC(=O)O)c(C)c3cc2c1C. The Labute approximate surface area is 241 Å². The average molecular weight is 579 g/mol. The number of hydrogen-bond acceptors (Lipinski definition) is 7. The van der Waals surface area contributed by atoms with Gasteiger partial charge >= 0.3 is 11.6 Å². The minimum Gasteiger partial charge on any atom is -0.481 e. The maximum absolute atomic E-state index is 13.0.